The third-order valence-corrected chi connectivity index (χ3v) is 9.39. The Kier molecular flexibility index (Phi) is 9.98. The molecule has 0 saturated heterocycles. The minimum Gasteiger partial charge on any atom is -0.457 e. The third-order valence-electron chi connectivity index (χ3n) is 9.39. The number of rotatable bonds is 10. The molecule has 0 unspecified atom stereocenters. The predicted octanol–water partition coefficient (Wildman–Crippen LogP) is 14.0. The number of hydrogen-bond acceptors (Lipinski definition) is 1. The molecule has 252 valence electrons. The molecule has 0 saturated carbocycles. The molecule has 0 aliphatic carbocycles. The standard InChI is InChI=1S/C52H38O/c1-5-13-41(14-6-1)43-25-29-47(30-26-43)51(45-17-9-3-10-18-45)37-39-21-33-49(34-22-39)53-50-35-23-40(24-36-50)38-52(46-19-11-4-12-20-46)48-31-27-44(28-32-48)42-15-7-2-8-16-42/h1-38H. The highest BCUT2D eigenvalue weighted by Gasteiger charge is 2.09. The first-order chi connectivity index (χ1) is 26.2. The Morgan fingerprint density at radius 3 is 0.887 bits per heavy atom. The van der Waals surface area contributed by atoms with E-state index in [9.17, 15) is 0 Å². The van der Waals surface area contributed by atoms with Gasteiger partial charge in [0, 0.05) is 0 Å². The fourth-order valence-corrected chi connectivity index (χ4v) is 6.58. The first-order valence-corrected chi connectivity index (χ1v) is 18.0. The van der Waals surface area contributed by atoms with Crippen molar-refractivity contribution >= 4 is 23.3 Å². The molecule has 0 spiro atoms. The van der Waals surface area contributed by atoms with Crippen molar-refractivity contribution < 1.29 is 4.74 Å². The van der Waals surface area contributed by atoms with Gasteiger partial charge in [-0.05, 0) is 103 Å². The van der Waals surface area contributed by atoms with E-state index in [1.54, 1.807) is 0 Å². The van der Waals surface area contributed by atoms with Crippen LogP contribution in [0, 0.1) is 0 Å². The van der Waals surface area contributed by atoms with Gasteiger partial charge in [-0.25, -0.2) is 0 Å². The molecular weight excluding hydrogens is 641 g/mol. The summed E-state index contributed by atoms with van der Waals surface area (Å²) >= 11 is 0. The summed E-state index contributed by atoms with van der Waals surface area (Å²) in [6.07, 6.45) is 4.49. The Balaban J connectivity index is 1.01. The van der Waals surface area contributed by atoms with E-state index in [2.05, 4.69) is 194 Å². The van der Waals surface area contributed by atoms with Crippen LogP contribution in [-0.2, 0) is 0 Å². The van der Waals surface area contributed by atoms with E-state index in [0.29, 0.717) is 0 Å². The van der Waals surface area contributed by atoms with Crippen molar-refractivity contribution in [3.63, 3.8) is 0 Å². The summed E-state index contributed by atoms with van der Waals surface area (Å²) in [5.41, 5.74) is 14.1. The fourth-order valence-electron chi connectivity index (χ4n) is 6.58. The van der Waals surface area contributed by atoms with Crippen molar-refractivity contribution in [2.75, 3.05) is 0 Å². The van der Waals surface area contributed by atoms with Crippen LogP contribution in [0.3, 0.4) is 0 Å². The molecule has 1 nitrogen and oxygen atoms in total. The summed E-state index contributed by atoms with van der Waals surface area (Å²) < 4.78 is 6.31. The lowest BCUT2D eigenvalue weighted by Crippen LogP contribution is -1.90. The highest BCUT2D eigenvalue weighted by molar-refractivity contribution is 5.93. The van der Waals surface area contributed by atoms with Crippen LogP contribution in [-0.4, -0.2) is 0 Å². The summed E-state index contributed by atoms with van der Waals surface area (Å²) in [6.45, 7) is 0. The van der Waals surface area contributed by atoms with E-state index in [1.165, 1.54) is 55.7 Å². The van der Waals surface area contributed by atoms with Crippen molar-refractivity contribution in [3.05, 3.63) is 252 Å². The van der Waals surface area contributed by atoms with Crippen LogP contribution in [0.15, 0.2) is 218 Å². The summed E-state index contributed by atoms with van der Waals surface area (Å²) in [7, 11) is 0. The van der Waals surface area contributed by atoms with Crippen molar-refractivity contribution in [3.8, 4) is 33.8 Å². The molecule has 8 aromatic rings. The van der Waals surface area contributed by atoms with E-state index >= 15 is 0 Å². The first-order valence-electron chi connectivity index (χ1n) is 18.0. The molecule has 0 amide bonds. The van der Waals surface area contributed by atoms with Crippen LogP contribution in [0.4, 0.5) is 0 Å². The van der Waals surface area contributed by atoms with Crippen LogP contribution in [0.5, 0.6) is 11.5 Å². The van der Waals surface area contributed by atoms with E-state index < -0.39 is 0 Å². The van der Waals surface area contributed by atoms with Crippen LogP contribution >= 0.6 is 0 Å². The molecule has 0 aliphatic rings. The maximum Gasteiger partial charge on any atom is 0.127 e. The van der Waals surface area contributed by atoms with E-state index in [4.69, 9.17) is 4.74 Å². The van der Waals surface area contributed by atoms with Crippen LogP contribution in [0.1, 0.15) is 33.4 Å². The van der Waals surface area contributed by atoms with Gasteiger partial charge in [0.25, 0.3) is 0 Å². The Bertz CT molecular complexity index is 2250. The molecule has 0 fully saturated rings. The van der Waals surface area contributed by atoms with Crippen LogP contribution < -0.4 is 4.74 Å². The molecule has 0 heterocycles. The van der Waals surface area contributed by atoms with Gasteiger partial charge in [-0.15, -0.1) is 0 Å². The van der Waals surface area contributed by atoms with Gasteiger partial charge in [0.05, 0.1) is 0 Å². The Labute approximate surface area is 312 Å². The van der Waals surface area contributed by atoms with Crippen molar-refractivity contribution in [2.45, 2.75) is 0 Å². The normalized spacial score (nSPS) is 11.6. The topological polar surface area (TPSA) is 9.23 Å². The van der Waals surface area contributed by atoms with Crippen LogP contribution in [0.2, 0.25) is 0 Å². The summed E-state index contributed by atoms with van der Waals surface area (Å²) in [4.78, 5) is 0. The quantitative estimate of drug-likeness (QED) is 0.131. The lowest BCUT2D eigenvalue weighted by Gasteiger charge is -2.12. The maximum atomic E-state index is 6.31. The molecule has 53 heavy (non-hydrogen) atoms. The van der Waals surface area contributed by atoms with Crippen molar-refractivity contribution in [2.24, 2.45) is 0 Å². The Morgan fingerprint density at radius 2 is 0.547 bits per heavy atom. The molecule has 8 aromatic carbocycles. The number of benzene rings is 8. The predicted molar refractivity (Wildman–Crippen MR) is 224 cm³/mol. The van der Waals surface area contributed by atoms with Gasteiger partial charge in [0.15, 0.2) is 0 Å². The van der Waals surface area contributed by atoms with Gasteiger partial charge in [-0.3, -0.25) is 0 Å². The summed E-state index contributed by atoms with van der Waals surface area (Å²) in [5.74, 6) is 1.59. The molecule has 0 radical (unpaired) electrons. The second-order valence-electron chi connectivity index (χ2n) is 13.0. The molecule has 1 heteroatoms. The van der Waals surface area contributed by atoms with Gasteiger partial charge in [0.2, 0.25) is 0 Å². The van der Waals surface area contributed by atoms with Gasteiger partial charge in [-0.2, -0.15) is 0 Å². The Morgan fingerprint density at radius 1 is 0.264 bits per heavy atom. The highest BCUT2D eigenvalue weighted by Crippen LogP contribution is 2.32. The lowest BCUT2D eigenvalue weighted by molar-refractivity contribution is 0.482. The minimum absolute atomic E-state index is 0.794. The van der Waals surface area contributed by atoms with Gasteiger partial charge in [-0.1, -0.05) is 194 Å². The zero-order valence-electron chi connectivity index (χ0n) is 29.3. The van der Waals surface area contributed by atoms with Crippen LogP contribution in [0.25, 0.3) is 45.6 Å². The molecule has 0 bridgehead atoms. The zero-order chi connectivity index (χ0) is 35.7. The SMILES string of the molecule is C(=C(c1ccccc1)c1ccc(-c2ccccc2)cc1)c1ccc(Oc2ccc(C=C(c3ccccc3)c3ccc(-c4ccccc4)cc3)cc2)cc1. The zero-order valence-corrected chi connectivity index (χ0v) is 29.3. The smallest absolute Gasteiger partial charge is 0.127 e. The number of hydrogen-bond donors (Lipinski definition) is 0. The molecular formula is C52H38O. The minimum atomic E-state index is 0.794. The average molecular weight is 679 g/mol. The first kappa shape index (κ1) is 33.2. The van der Waals surface area contributed by atoms with E-state index in [-0.39, 0.29) is 0 Å². The fraction of sp³-hybridized carbons (Fsp3) is 0. The molecule has 0 atom stereocenters. The second kappa shape index (κ2) is 15.9. The summed E-state index contributed by atoms with van der Waals surface area (Å²) in [6, 6.07) is 76.4. The lowest BCUT2D eigenvalue weighted by atomic mass is 9.94. The van der Waals surface area contributed by atoms with Gasteiger partial charge < -0.3 is 4.74 Å². The van der Waals surface area contributed by atoms with Crippen molar-refractivity contribution in [1.29, 1.82) is 0 Å². The molecule has 8 rings (SSSR count). The van der Waals surface area contributed by atoms with E-state index in [1.807, 2.05) is 36.4 Å². The second-order valence-corrected chi connectivity index (χ2v) is 13.0. The van der Waals surface area contributed by atoms with Gasteiger partial charge >= 0.3 is 0 Å². The molecule has 0 N–H and O–H groups in total. The Hall–Kier alpha value is -6.96. The largest absolute Gasteiger partial charge is 0.457 e. The van der Waals surface area contributed by atoms with Gasteiger partial charge in [0.1, 0.15) is 11.5 Å². The maximum absolute atomic E-state index is 6.31. The third kappa shape index (κ3) is 8.17. The number of ether oxygens (including phenoxy) is 1. The monoisotopic (exact) mass is 678 g/mol. The summed E-state index contributed by atoms with van der Waals surface area (Å²) in [5, 5.41) is 0. The van der Waals surface area contributed by atoms with E-state index in [0.717, 1.165) is 22.6 Å². The molecule has 0 aromatic heterocycles. The highest BCUT2D eigenvalue weighted by atomic mass is 16.5. The van der Waals surface area contributed by atoms with Crippen molar-refractivity contribution in [1.82, 2.24) is 0 Å². The average Bonchev–Trinajstić information content (AvgIpc) is 3.24. The molecule has 0 aliphatic heterocycles.